The molecule has 0 aromatic carbocycles. The Balaban J connectivity index is 1.53. The van der Waals surface area contributed by atoms with Crippen LogP contribution in [0, 0.1) is 0 Å². The van der Waals surface area contributed by atoms with Gasteiger partial charge in [0.2, 0.25) is 0 Å². The molecule has 4 aliphatic heterocycles. The van der Waals surface area contributed by atoms with E-state index in [4.69, 9.17) is 28.4 Å². The van der Waals surface area contributed by atoms with Gasteiger partial charge in [0.05, 0.1) is 29.5 Å². The third-order valence-corrected chi connectivity index (χ3v) is 6.91. The van der Waals surface area contributed by atoms with E-state index in [2.05, 4.69) is 0 Å². The summed E-state index contributed by atoms with van der Waals surface area (Å²) in [4.78, 5) is 36.8. The predicted octanol–water partition coefficient (Wildman–Crippen LogP) is 0.971. The fraction of sp³-hybridized carbons (Fsp3) is 0.762. The minimum atomic E-state index is -0.972. The van der Waals surface area contributed by atoms with Crippen molar-refractivity contribution in [3.63, 3.8) is 0 Å². The molecule has 0 aromatic rings. The Hall–Kier alpha value is -1.97. The van der Waals surface area contributed by atoms with Crippen molar-refractivity contribution in [2.45, 2.75) is 88.2 Å². The van der Waals surface area contributed by atoms with Crippen molar-refractivity contribution in [2.75, 3.05) is 13.2 Å². The van der Waals surface area contributed by atoms with E-state index in [9.17, 15) is 14.4 Å². The predicted molar refractivity (Wildman–Crippen MR) is 98.2 cm³/mol. The van der Waals surface area contributed by atoms with Gasteiger partial charge in [0.1, 0.15) is 18.8 Å². The summed E-state index contributed by atoms with van der Waals surface area (Å²) in [5.41, 5.74) is -1.19. The maximum Gasteiger partial charge on any atom is 0.341 e. The Bertz CT molecular complexity index is 859. The van der Waals surface area contributed by atoms with Crippen molar-refractivity contribution in [1.29, 1.82) is 0 Å². The van der Waals surface area contributed by atoms with Crippen molar-refractivity contribution in [1.82, 2.24) is 0 Å². The Labute approximate surface area is 173 Å². The van der Waals surface area contributed by atoms with Crippen molar-refractivity contribution >= 4 is 17.9 Å². The van der Waals surface area contributed by atoms with Crippen molar-refractivity contribution < 1.29 is 42.8 Å². The molecule has 9 nitrogen and oxygen atoms in total. The second-order valence-corrected chi connectivity index (χ2v) is 9.47. The first-order valence-electron chi connectivity index (χ1n) is 10.3. The third-order valence-electron chi connectivity index (χ3n) is 6.91. The Morgan fingerprint density at radius 2 is 1.90 bits per heavy atom. The van der Waals surface area contributed by atoms with Crippen molar-refractivity contribution in [3.05, 3.63) is 11.1 Å². The Kier molecular flexibility index (Phi) is 4.17. The highest BCUT2D eigenvalue weighted by atomic mass is 16.7. The maximum atomic E-state index is 12.7. The number of hydrogen-bond acceptors (Lipinski definition) is 9. The lowest BCUT2D eigenvalue weighted by Crippen LogP contribution is -2.38. The number of rotatable bonds is 4. The first kappa shape index (κ1) is 20.0. The van der Waals surface area contributed by atoms with Gasteiger partial charge < -0.3 is 28.4 Å². The fourth-order valence-corrected chi connectivity index (χ4v) is 4.61. The van der Waals surface area contributed by atoms with Crippen LogP contribution >= 0.6 is 0 Å². The van der Waals surface area contributed by atoms with Crippen LogP contribution in [0.5, 0.6) is 0 Å². The molecule has 4 fully saturated rings. The van der Waals surface area contributed by atoms with Gasteiger partial charge >= 0.3 is 17.9 Å². The first-order valence-corrected chi connectivity index (χ1v) is 10.3. The molecular formula is C21H26O9. The molecule has 5 aliphatic rings. The number of esters is 3. The highest BCUT2D eigenvalue weighted by Gasteiger charge is 2.65. The number of epoxide rings is 3. The van der Waals surface area contributed by atoms with E-state index in [-0.39, 0.29) is 31.0 Å². The van der Waals surface area contributed by atoms with Gasteiger partial charge in [-0.25, -0.2) is 9.59 Å². The zero-order valence-corrected chi connectivity index (χ0v) is 17.5. The topological polar surface area (TPSA) is 116 Å². The fourth-order valence-electron chi connectivity index (χ4n) is 4.61. The molecule has 0 aromatic heterocycles. The normalized spacial score (nSPS) is 46.1. The van der Waals surface area contributed by atoms with Crippen molar-refractivity contribution in [3.8, 4) is 0 Å². The molecule has 1 saturated carbocycles. The molecule has 7 unspecified atom stereocenters. The number of carbonyl (C=O) groups excluding carboxylic acids is 3. The summed E-state index contributed by atoms with van der Waals surface area (Å²) in [5.74, 6) is -1.60. The van der Waals surface area contributed by atoms with Crippen LogP contribution in [0.25, 0.3) is 0 Å². The van der Waals surface area contributed by atoms with E-state index in [1.54, 1.807) is 6.92 Å². The number of ether oxygens (including phenoxy) is 6. The largest absolute Gasteiger partial charge is 0.461 e. The molecule has 4 heterocycles. The van der Waals surface area contributed by atoms with Gasteiger partial charge in [-0.1, -0.05) is 0 Å². The van der Waals surface area contributed by atoms with E-state index in [1.807, 2.05) is 13.8 Å². The minimum absolute atomic E-state index is 0.0280. The lowest BCUT2D eigenvalue weighted by Gasteiger charge is -2.26. The van der Waals surface area contributed by atoms with E-state index < -0.39 is 46.9 Å². The van der Waals surface area contributed by atoms with E-state index >= 15 is 0 Å². The smallest absolute Gasteiger partial charge is 0.341 e. The summed E-state index contributed by atoms with van der Waals surface area (Å²) in [7, 11) is 0. The quantitative estimate of drug-likeness (QED) is 0.371. The van der Waals surface area contributed by atoms with Crippen LogP contribution < -0.4 is 0 Å². The standard InChI is InChI=1S/C21H26O9/c1-10(22)25-8-11-14-12(27-18(24)21(4)9-26-21)7-20(3)13(29-20)5-6-19(2)16(30-19)15(14)28-17(11)23/h12-13,15-16H,5-9H2,1-4H3. The van der Waals surface area contributed by atoms with Crippen LogP contribution in [-0.4, -0.2) is 72.3 Å². The minimum Gasteiger partial charge on any atom is -0.461 e. The van der Waals surface area contributed by atoms with Crippen molar-refractivity contribution in [2.24, 2.45) is 0 Å². The lowest BCUT2D eigenvalue weighted by atomic mass is 9.83. The summed E-state index contributed by atoms with van der Waals surface area (Å²) >= 11 is 0. The summed E-state index contributed by atoms with van der Waals surface area (Å²) in [6, 6.07) is 0. The van der Waals surface area contributed by atoms with Crippen LogP contribution in [0.4, 0.5) is 0 Å². The molecule has 30 heavy (non-hydrogen) atoms. The molecule has 3 saturated heterocycles. The maximum absolute atomic E-state index is 12.7. The molecule has 1 aliphatic carbocycles. The van der Waals surface area contributed by atoms with Crippen LogP contribution in [0.1, 0.15) is 47.0 Å². The summed E-state index contributed by atoms with van der Waals surface area (Å²) in [6.45, 7) is 6.93. The van der Waals surface area contributed by atoms with Gasteiger partial charge in [0.25, 0.3) is 0 Å². The van der Waals surface area contributed by atoms with Crippen LogP contribution in [0.3, 0.4) is 0 Å². The molecule has 0 bridgehead atoms. The van der Waals surface area contributed by atoms with Crippen LogP contribution in [-0.2, 0) is 42.8 Å². The monoisotopic (exact) mass is 422 g/mol. The molecule has 5 rings (SSSR count). The second kappa shape index (κ2) is 6.27. The van der Waals surface area contributed by atoms with E-state index in [0.717, 1.165) is 12.8 Å². The molecule has 0 amide bonds. The summed E-state index contributed by atoms with van der Waals surface area (Å²) in [5, 5.41) is 0. The average Bonchev–Trinajstić information content (AvgIpc) is 3.60. The zero-order valence-electron chi connectivity index (χ0n) is 17.5. The van der Waals surface area contributed by atoms with Gasteiger partial charge in [-0.3, -0.25) is 4.79 Å². The molecule has 9 heteroatoms. The van der Waals surface area contributed by atoms with Crippen LogP contribution in [0.2, 0.25) is 0 Å². The third kappa shape index (κ3) is 3.23. The first-order chi connectivity index (χ1) is 14.0. The summed E-state index contributed by atoms with van der Waals surface area (Å²) < 4.78 is 33.8. The second-order valence-electron chi connectivity index (χ2n) is 9.47. The molecular weight excluding hydrogens is 396 g/mol. The molecule has 0 radical (unpaired) electrons. The highest BCUT2D eigenvalue weighted by molar-refractivity contribution is 5.93. The van der Waals surface area contributed by atoms with Gasteiger partial charge in [-0.15, -0.1) is 0 Å². The molecule has 164 valence electrons. The van der Waals surface area contributed by atoms with Gasteiger partial charge in [0, 0.05) is 18.9 Å². The summed E-state index contributed by atoms with van der Waals surface area (Å²) in [6.07, 6.45) is 0.165. The SMILES string of the molecule is CC(=O)OCC1=C2C(OC(=O)C3(C)CO3)CC3(C)OC3CCC3(C)OC3C2OC1=O. The Morgan fingerprint density at radius 1 is 1.17 bits per heavy atom. The highest BCUT2D eigenvalue weighted by Crippen LogP contribution is 2.54. The van der Waals surface area contributed by atoms with E-state index in [1.165, 1.54) is 6.92 Å². The molecule has 0 N–H and O–H groups in total. The van der Waals surface area contributed by atoms with Gasteiger partial charge in [-0.05, 0) is 33.6 Å². The van der Waals surface area contributed by atoms with Gasteiger partial charge in [-0.2, -0.15) is 0 Å². The van der Waals surface area contributed by atoms with E-state index in [0.29, 0.717) is 12.0 Å². The Morgan fingerprint density at radius 3 is 2.57 bits per heavy atom. The molecule has 0 spiro atoms. The average molecular weight is 422 g/mol. The van der Waals surface area contributed by atoms with Gasteiger partial charge in [0.15, 0.2) is 11.7 Å². The molecule has 7 atom stereocenters. The lowest BCUT2D eigenvalue weighted by molar-refractivity contribution is -0.154. The van der Waals surface area contributed by atoms with Crippen LogP contribution in [0.15, 0.2) is 11.1 Å². The number of carbonyl (C=O) groups is 3. The number of fused-ring (bicyclic) bond motifs is 4. The number of hydrogen-bond donors (Lipinski definition) is 0. The zero-order chi connectivity index (χ0) is 21.5.